The Kier molecular flexibility index (Phi) is 5.93. The number of anilines is 1. The number of fused-ring (bicyclic) bond motifs is 4. The lowest BCUT2D eigenvalue weighted by Gasteiger charge is -2.21. The molecule has 0 amide bonds. The van der Waals surface area contributed by atoms with Gasteiger partial charge >= 0.3 is 0 Å². The summed E-state index contributed by atoms with van der Waals surface area (Å²) >= 11 is 0. The summed E-state index contributed by atoms with van der Waals surface area (Å²) in [6, 6.07) is 26.7. The van der Waals surface area contributed by atoms with Crippen LogP contribution in [0.25, 0.3) is 38.9 Å². The second-order valence-corrected chi connectivity index (χ2v) is 11.8. The molecular weight excluding hydrogens is 552 g/mol. The third-order valence-electron chi connectivity index (χ3n) is 6.45. The van der Waals surface area contributed by atoms with Gasteiger partial charge in [0.05, 0.1) is 39.2 Å². The van der Waals surface area contributed by atoms with Crippen LogP contribution in [0.3, 0.4) is 0 Å². The predicted molar refractivity (Wildman–Crippen MR) is 151 cm³/mol. The van der Waals surface area contributed by atoms with E-state index in [-0.39, 0.29) is 26.8 Å². The van der Waals surface area contributed by atoms with Crippen LogP contribution in [-0.2, 0) is 20.2 Å². The fourth-order valence-electron chi connectivity index (χ4n) is 4.80. The molecule has 0 aromatic heterocycles. The largest absolute Gasteiger partial charge is 0.398 e. The van der Waals surface area contributed by atoms with Gasteiger partial charge in [-0.15, -0.1) is 0 Å². The Morgan fingerprint density at radius 3 is 2.05 bits per heavy atom. The average Bonchev–Trinajstić information content (AvgIpc) is 2.91. The predicted octanol–water partition coefficient (Wildman–Crippen LogP) is 4.59. The molecule has 12 heteroatoms. The van der Waals surface area contributed by atoms with Crippen molar-refractivity contribution in [2.24, 2.45) is 4.99 Å². The van der Waals surface area contributed by atoms with Crippen molar-refractivity contribution in [1.29, 1.82) is 0 Å². The highest BCUT2D eigenvalue weighted by molar-refractivity contribution is 7.86. The Labute approximate surface area is 228 Å². The first kappa shape index (κ1) is 25.6. The minimum atomic E-state index is -4.67. The molecule has 0 fully saturated rings. The van der Waals surface area contributed by atoms with Crippen LogP contribution in [-0.4, -0.2) is 35.5 Å². The fraction of sp³-hybridized carbons (Fsp3) is 0. The SMILES string of the molecule is Nc1cc2c(cc1S(=O)(=O)O)nc1c3cccc(S(=O)(=O)O)c3/c(=N/c3ccccc3)cc-1n2-c1ccccc1. The number of nitrogen functional groups attached to an aromatic ring is 1. The third-order valence-corrected chi connectivity index (χ3v) is 8.26. The molecule has 1 heterocycles. The summed E-state index contributed by atoms with van der Waals surface area (Å²) in [5.74, 6) is 0. The maximum absolute atomic E-state index is 12.5. The molecule has 0 saturated carbocycles. The number of nitrogens with two attached hydrogens (primary N) is 1. The van der Waals surface area contributed by atoms with Gasteiger partial charge in [0, 0.05) is 16.5 Å². The van der Waals surface area contributed by atoms with Crippen molar-refractivity contribution in [2.75, 3.05) is 5.73 Å². The van der Waals surface area contributed by atoms with Gasteiger partial charge in [-0.3, -0.25) is 9.11 Å². The van der Waals surface area contributed by atoms with Crippen LogP contribution >= 0.6 is 0 Å². The summed E-state index contributed by atoms with van der Waals surface area (Å²) < 4.78 is 70.7. The number of hydrogen-bond donors (Lipinski definition) is 3. The summed E-state index contributed by atoms with van der Waals surface area (Å²) in [7, 11) is -9.34. The number of aromatic nitrogens is 2. The summed E-state index contributed by atoms with van der Waals surface area (Å²) in [4.78, 5) is 8.56. The smallest absolute Gasteiger partial charge is 0.296 e. The molecule has 4 aromatic rings. The second kappa shape index (κ2) is 9.24. The number of hydrogen-bond acceptors (Lipinski definition) is 7. The van der Waals surface area contributed by atoms with Crippen LogP contribution in [0.1, 0.15) is 0 Å². The van der Waals surface area contributed by atoms with E-state index in [1.165, 1.54) is 24.3 Å². The van der Waals surface area contributed by atoms with Gasteiger partial charge in [-0.25, -0.2) is 9.98 Å². The van der Waals surface area contributed by atoms with E-state index in [1.54, 1.807) is 41.0 Å². The van der Waals surface area contributed by atoms with E-state index in [4.69, 9.17) is 15.7 Å². The van der Waals surface area contributed by atoms with Crippen LogP contribution < -0.4 is 11.1 Å². The highest BCUT2D eigenvalue weighted by atomic mass is 32.2. The van der Waals surface area contributed by atoms with Gasteiger partial charge in [0.15, 0.2) is 0 Å². The van der Waals surface area contributed by atoms with Crippen molar-refractivity contribution in [1.82, 2.24) is 9.55 Å². The van der Waals surface area contributed by atoms with Crippen LogP contribution in [0.5, 0.6) is 0 Å². The molecular formula is C28H20N4O6S2. The maximum atomic E-state index is 12.5. The minimum Gasteiger partial charge on any atom is -0.398 e. The van der Waals surface area contributed by atoms with Crippen molar-refractivity contribution in [2.45, 2.75) is 9.79 Å². The van der Waals surface area contributed by atoms with Gasteiger partial charge in [0.1, 0.15) is 9.79 Å². The molecule has 10 nitrogen and oxygen atoms in total. The zero-order valence-corrected chi connectivity index (χ0v) is 22.1. The molecule has 4 aromatic carbocycles. The molecule has 1 aliphatic heterocycles. The van der Waals surface area contributed by atoms with E-state index in [0.29, 0.717) is 33.7 Å². The lowest BCUT2D eigenvalue weighted by atomic mass is 10.0. The van der Waals surface area contributed by atoms with Crippen LogP contribution in [0, 0.1) is 0 Å². The lowest BCUT2D eigenvalue weighted by molar-refractivity contribution is 0.481. The van der Waals surface area contributed by atoms with E-state index in [0.717, 1.165) is 0 Å². The Balaban J connectivity index is 1.90. The van der Waals surface area contributed by atoms with Gasteiger partial charge in [-0.2, -0.15) is 16.8 Å². The molecule has 6 rings (SSSR count). The van der Waals surface area contributed by atoms with Gasteiger partial charge in [-0.1, -0.05) is 48.5 Å². The topological polar surface area (TPSA) is 165 Å². The van der Waals surface area contributed by atoms with E-state index in [9.17, 15) is 25.9 Å². The molecule has 4 N–H and O–H groups in total. The molecule has 200 valence electrons. The van der Waals surface area contributed by atoms with Crippen molar-refractivity contribution in [3.8, 4) is 17.1 Å². The second-order valence-electron chi connectivity index (χ2n) is 9.00. The van der Waals surface area contributed by atoms with E-state index in [2.05, 4.69) is 0 Å². The molecule has 40 heavy (non-hydrogen) atoms. The molecule has 0 atom stereocenters. The fourth-order valence-corrected chi connectivity index (χ4v) is 6.15. The number of para-hydroxylation sites is 2. The molecule has 2 aliphatic rings. The van der Waals surface area contributed by atoms with Gasteiger partial charge in [0.25, 0.3) is 20.2 Å². The zero-order chi connectivity index (χ0) is 28.2. The molecule has 0 bridgehead atoms. The lowest BCUT2D eigenvalue weighted by Crippen LogP contribution is -2.15. The highest BCUT2D eigenvalue weighted by Gasteiger charge is 2.25. The molecule has 0 saturated heterocycles. The first-order chi connectivity index (χ1) is 19.0. The number of benzene rings is 5. The highest BCUT2D eigenvalue weighted by Crippen LogP contribution is 2.36. The van der Waals surface area contributed by atoms with Crippen LogP contribution in [0.2, 0.25) is 0 Å². The first-order valence-corrected chi connectivity index (χ1v) is 14.7. The normalized spacial score (nSPS) is 12.9. The molecule has 1 aliphatic carbocycles. The van der Waals surface area contributed by atoms with Crippen molar-refractivity contribution >= 4 is 53.4 Å². The van der Waals surface area contributed by atoms with E-state index < -0.39 is 25.1 Å². The number of rotatable bonds is 4. The van der Waals surface area contributed by atoms with Crippen molar-refractivity contribution < 1.29 is 25.9 Å². The Bertz CT molecular complexity index is 2220. The Hall–Kier alpha value is -4.62. The molecule has 0 radical (unpaired) electrons. The summed E-state index contributed by atoms with van der Waals surface area (Å²) in [5, 5.41) is 0.743. The summed E-state index contributed by atoms with van der Waals surface area (Å²) in [6.45, 7) is 0. The Morgan fingerprint density at radius 2 is 1.40 bits per heavy atom. The van der Waals surface area contributed by atoms with E-state index in [1.807, 2.05) is 36.4 Å². The monoisotopic (exact) mass is 572 g/mol. The summed E-state index contributed by atoms with van der Waals surface area (Å²) in [6.07, 6.45) is 0. The average molecular weight is 573 g/mol. The van der Waals surface area contributed by atoms with Gasteiger partial charge in [-0.05, 0) is 48.5 Å². The molecule has 0 unspecified atom stereocenters. The standard InChI is InChI=1S/C28H20N4O6S2/c29-20-14-23-21(16-26(20)40(36,37)38)31-28-19-12-7-13-25(39(33,34)35)27(19)22(30-17-8-3-1-4-9-17)15-24(28)32(23)18-10-5-2-6-11-18/h1-16H,29H2,(H,33,34,35)(H,36,37,38)/b30-22+. The van der Waals surface area contributed by atoms with Crippen molar-refractivity contribution in [3.63, 3.8) is 0 Å². The zero-order valence-electron chi connectivity index (χ0n) is 20.5. The minimum absolute atomic E-state index is 0.137. The third kappa shape index (κ3) is 4.38. The van der Waals surface area contributed by atoms with Gasteiger partial charge < -0.3 is 10.3 Å². The van der Waals surface area contributed by atoms with Gasteiger partial charge in [0.2, 0.25) is 0 Å². The van der Waals surface area contributed by atoms with Crippen molar-refractivity contribution in [3.05, 3.63) is 102 Å². The van der Waals surface area contributed by atoms with E-state index >= 15 is 0 Å². The van der Waals surface area contributed by atoms with Crippen LogP contribution in [0.15, 0.2) is 112 Å². The molecule has 0 spiro atoms. The Morgan fingerprint density at radius 1 is 0.750 bits per heavy atom. The maximum Gasteiger partial charge on any atom is 0.296 e. The summed E-state index contributed by atoms with van der Waals surface area (Å²) in [5.41, 5.74) is 8.52. The van der Waals surface area contributed by atoms with Crippen LogP contribution in [0.4, 0.5) is 11.4 Å². The number of nitrogens with zero attached hydrogens (tertiary/aromatic N) is 3. The quantitative estimate of drug-likeness (QED) is 0.119. The first-order valence-electron chi connectivity index (χ1n) is 11.8.